The number of carbonyl (C=O) groups excluding carboxylic acids is 3. The van der Waals surface area contributed by atoms with Gasteiger partial charge in [-0.2, -0.15) is 5.01 Å². The first-order valence-corrected chi connectivity index (χ1v) is 11.0. The number of allylic oxidation sites excluding steroid dienone is 2. The number of fused-ring (bicyclic) bond motifs is 1. The Kier molecular flexibility index (Phi) is 6.35. The number of rotatable bonds is 6. The highest BCUT2D eigenvalue weighted by molar-refractivity contribution is 6.30. The molecule has 0 radical (unpaired) electrons. The van der Waals surface area contributed by atoms with Crippen LogP contribution in [0.3, 0.4) is 0 Å². The molecule has 0 spiro atoms. The molecule has 1 aliphatic carbocycles. The van der Waals surface area contributed by atoms with Gasteiger partial charge in [0.05, 0.1) is 33.8 Å². The van der Waals surface area contributed by atoms with Crippen LogP contribution in [0.2, 0.25) is 5.02 Å². The predicted octanol–water partition coefficient (Wildman–Crippen LogP) is 4.06. The molecule has 0 bridgehead atoms. The third kappa shape index (κ3) is 4.50. The minimum Gasteiger partial charge on any atom is -0.272 e. The van der Waals surface area contributed by atoms with Crippen molar-refractivity contribution in [1.29, 1.82) is 0 Å². The van der Waals surface area contributed by atoms with Crippen molar-refractivity contribution in [3.8, 4) is 0 Å². The molecule has 2 aliphatic rings. The summed E-state index contributed by atoms with van der Waals surface area (Å²) < 4.78 is 0. The molecule has 0 saturated carbocycles. The van der Waals surface area contributed by atoms with E-state index in [1.807, 2.05) is 13.0 Å². The predicted molar refractivity (Wildman–Crippen MR) is 123 cm³/mol. The molecule has 1 saturated heterocycles. The van der Waals surface area contributed by atoms with Crippen molar-refractivity contribution < 1.29 is 24.2 Å². The lowest BCUT2D eigenvalue weighted by atomic mass is 9.82. The number of hydrazine groups is 1. The molecule has 35 heavy (non-hydrogen) atoms. The fourth-order valence-corrected chi connectivity index (χ4v) is 4.56. The van der Waals surface area contributed by atoms with Crippen LogP contribution in [0.4, 0.5) is 11.4 Å². The number of amides is 3. The summed E-state index contributed by atoms with van der Waals surface area (Å²) in [6.45, 7) is 1.35. The van der Waals surface area contributed by atoms with Crippen LogP contribution in [0.5, 0.6) is 0 Å². The van der Waals surface area contributed by atoms with Crippen LogP contribution >= 0.6 is 11.6 Å². The second-order valence-electron chi connectivity index (χ2n) is 8.39. The molecular weight excluding hydrogens is 480 g/mol. The number of nitrogens with zero attached hydrogens (tertiary/aromatic N) is 4. The zero-order valence-corrected chi connectivity index (χ0v) is 19.2. The summed E-state index contributed by atoms with van der Waals surface area (Å²) in [6.07, 6.45) is 2.55. The Morgan fingerprint density at radius 2 is 1.80 bits per heavy atom. The van der Waals surface area contributed by atoms with Crippen LogP contribution in [0.1, 0.15) is 35.7 Å². The lowest BCUT2D eigenvalue weighted by Gasteiger charge is -2.30. The Hall–Kier alpha value is -4.12. The summed E-state index contributed by atoms with van der Waals surface area (Å²) in [6, 6.07) is 8.65. The minimum absolute atomic E-state index is 0.0305. The summed E-state index contributed by atoms with van der Waals surface area (Å²) in [4.78, 5) is 61.7. The Morgan fingerprint density at radius 1 is 1.09 bits per heavy atom. The molecular formula is C23H19ClN4O7. The summed E-state index contributed by atoms with van der Waals surface area (Å²) >= 11 is 5.90. The van der Waals surface area contributed by atoms with Gasteiger partial charge in [0.1, 0.15) is 0 Å². The van der Waals surface area contributed by atoms with Gasteiger partial charge in [-0.3, -0.25) is 34.6 Å². The van der Waals surface area contributed by atoms with Gasteiger partial charge in [0.15, 0.2) is 0 Å². The van der Waals surface area contributed by atoms with E-state index in [4.69, 9.17) is 11.6 Å². The van der Waals surface area contributed by atoms with E-state index in [0.717, 1.165) is 27.7 Å². The van der Waals surface area contributed by atoms with Crippen LogP contribution in [0.15, 0.2) is 54.1 Å². The second-order valence-corrected chi connectivity index (χ2v) is 8.83. The number of nitro groups is 2. The summed E-state index contributed by atoms with van der Waals surface area (Å²) in [5, 5.41) is 24.5. The Balaban J connectivity index is 1.79. The number of halogens is 1. The van der Waals surface area contributed by atoms with E-state index in [2.05, 4.69) is 0 Å². The molecule has 180 valence electrons. The van der Waals surface area contributed by atoms with Gasteiger partial charge in [0.25, 0.3) is 29.1 Å². The first kappa shape index (κ1) is 24.0. The number of non-ortho nitro benzene ring substituents is 1. The van der Waals surface area contributed by atoms with Crippen molar-refractivity contribution >= 4 is 40.7 Å². The third-order valence-electron chi connectivity index (χ3n) is 6.14. The van der Waals surface area contributed by atoms with Gasteiger partial charge < -0.3 is 0 Å². The second kappa shape index (κ2) is 9.26. The number of hydrogen-bond donors (Lipinski definition) is 0. The van der Waals surface area contributed by atoms with Crippen molar-refractivity contribution in [2.24, 2.45) is 11.8 Å². The van der Waals surface area contributed by atoms with E-state index in [1.165, 1.54) is 30.3 Å². The van der Waals surface area contributed by atoms with Gasteiger partial charge in [0.2, 0.25) is 0 Å². The zero-order valence-electron chi connectivity index (χ0n) is 18.4. The lowest BCUT2D eigenvalue weighted by molar-refractivity contribution is -0.385. The average molecular weight is 499 g/mol. The van der Waals surface area contributed by atoms with Gasteiger partial charge in [-0.05, 0) is 38.0 Å². The van der Waals surface area contributed by atoms with Crippen molar-refractivity contribution in [3.63, 3.8) is 0 Å². The average Bonchev–Trinajstić information content (AvgIpc) is 3.07. The highest BCUT2D eigenvalue weighted by Crippen LogP contribution is 2.39. The van der Waals surface area contributed by atoms with E-state index < -0.39 is 51.6 Å². The maximum absolute atomic E-state index is 13.6. The van der Waals surface area contributed by atoms with Gasteiger partial charge >= 0.3 is 0 Å². The Bertz CT molecular complexity index is 1310. The first-order valence-electron chi connectivity index (χ1n) is 10.6. The standard InChI is InChI=1S/C23H19ClN4O7/c1-13-5-8-18-19(9-13)23(31)26(22(18)30)25(12-15-6-7-16(24)11-20(15)28(34)35)21(29)14-3-2-4-17(10-14)27(32)33/h2-7,10-11,18-19H,8-9,12H2,1H3/t18-,19-/m1/s1. The molecule has 11 nitrogen and oxygen atoms in total. The lowest BCUT2D eigenvalue weighted by Crippen LogP contribution is -2.49. The van der Waals surface area contributed by atoms with E-state index in [0.29, 0.717) is 12.8 Å². The number of carbonyl (C=O) groups is 3. The molecule has 4 rings (SSSR count). The molecule has 2 aromatic carbocycles. The number of nitro benzene ring substituents is 2. The monoisotopic (exact) mass is 498 g/mol. The van der Waals surface area contributed by atoms with Crippen molar-refractivity contribution in [3.05, 3.63) is 90.5 Å². The molecule has 2 aromatic rings. The largest absolute Gasteiger partial charge is 0.275 e. The first-order chi connectivity index (χ1) is 16.6. The van der Waals surface area contributed by atoms with Crippen LogP contribution < -0.4 is 0 Å². The van der Waals surface area contributed by atoms with Gasteiger partial charge in [-0.25, -0.2) is 5.01 Å². The van der Waals surface area contributed by atoms with Crippen LogP contribution in [0, 0.1) is 32.1 Å². The number of benzene rings is 2. The van der Waals surface area contributed by atoms with Gasteiger partial charge in [-0.1, -0.05) is 29.3 Å². The van der Waals surface area contributed by atoms with Crippen molar-refractivity contribution in [2.45, 2.75) is 26.3 Å². The Morgan fingerprint density at radius 3 is 2.49 bits per heavy atom. The normalized spacial score (nSPS) is 19.3. The van der Waals surface area contributed by atoms with E-state index in [-0.39, 0.29) is 21.8 Å². The molecule has 0 N–H and O–H groups in total. The quantitative estimate of drug-likeness (QED) is 0.253. The van der Waals surface area contributed by atoms with Crippen LogP contribution in [-0.4, -0.2) is 37.6 Å². The molecule has 1 fully saturated rings. The number of hydrogen-bond acceptors (Lipinski definition) is 7. The molecule has 0 unspecified atom stereocenters. The maximum atomic E-state index is 13.6. The highest BCUT2D eigenvalue weighted by Gasteiger charge is 2.51. The Labute approximate surface area is 203 Å². The summed E-state index contributed by atoms with van der Waals surface area (Å²) in [5.41, 5.74) is 0.0620. The van der Waals surface area contributed by atoms with Crippen LogP contribution in [-0.2, 0) is 16.1 Å². The smallest absolute Gasteiger partial charge is 0.272 e. The minimum atomic E-state index is -0.886. The SMILES string of the molecule is CC1=CC[C@H]2C(=O)N(N(Cc3ccc(Cl)cc3[N+](=O)[O-])C(=O)c3cccc([N+](=O)[O-])c3)C(=O)[C@@H]2C1. The molecule has 1 heterocycles. The fraction of sp³-hybridized carbons (Fsp3) is 0.261. The van der Waals surface area contributed by atoms with Crippen molar-refractivity contribution in [1.82, 2.24) is 10.0 Å². The third-order valence-corrected chi connectivity index (χ3v) is 6.38. The summed E-state index contributed by atoms with van der Waals surface area (Å²) in [7, 11) is 0. The maximum Gasteiger partial charge on any atom is 0.275 e. The molecule has 3 amide bonds. The highest BCUT2D eigenvalue weighted by atomic mass is 35.5. The fourth-order valence-electron chi connectivity index (χ4n) is 4.39. The molecule has 1 aliphatic heterocycles. The topological polar surface area (TPSA) is 144 Å². The van der Waals surface area contributed by atoms with E-state index in [9.17, 15) is 34.6 Å². The van der Waals surface area contributed by atoms with Gasteiger partial charge in [0, 0.05) is 28.8 Å². The molecule has 2 atom stereocenters. The zero-order chi connectivity index (χ0) is 25.4. The van der Waals surface area contributed by atoms with Crippen LogP contribution in [0.25, 0.3) is 0 Å². The molecule has 0 aromatic heterocycles. The molecule has 12 heteroatoms. The van der Waals surface area contributed by atoms with E-state index in [1.54, 1.807) is 0 Å². The van der Waals surface area contributed by atoms with Gasteiger partial charge in [-0.15, -0.1) is 0 Å². The number of imide groups is 1. The van der Waals surface area contributed by atoms with E-state index >= 15 is 0 Å². The summed E-state index contributed by atoms with van der Waals surface area (Å²) in [5.74, 6) is -3.40. The van der Waals surface area contributed by atoms with Crippen molar-refractivity contribution in [2.75, 3.05) is 0 Å².